The van der Waals surface area contributed by atoms with E-state index < -0.39 is 18.4 Å². The van der Waals surface area contributed by atoms with Gasteiger partial charge in [-0.2, -0.15) is 0 Å². The number of ketones is 1. The number of methoxy groups -OCH3 is 2. The lowest BCUT2D eigenvalue weighted by Crippen LogP contribution is -2.42. The predicted octanol–water partition coefficient (Wildman–Crippen LogP) is 3.46. The summed E-state index contributed by atoms with van der Waals surface area (Å²) >= 11 is 0. The second-order valence-electron chi connectivity index (χ2n) is 10.7. The van der Waals surface area contributed by atoms with E-state index in [-0.39, 0.29) is 59.9 Å². The van der Waals surface area contributed by atoms with Gasteiger partial charge in [-0.3, -0.25) is 10.2 Å². The van der Waals surface area contributed by atoms with Crippen molar-refractivity contribution in [2.75, 3.05) is 52.5 Å². The number of carbonyl (C=O) groups is 2. The van der Waals surface area contributed by atoms with Crippen molar-refractivity contribution < 1.29 is 38.0 Å². The average Bonchev–Trinajstić information content (AvgIpc) is 3.17. The predicted molar refractivity (Wildman–Crippen MR) is 142 cm³/mol. The summed E-state index contributed by atoms with van der Waals surface area (Å²) in [6.45, 7) is 6.27. The van der Waals surface area contributed by atoms with E-state index in [1.807, 2.05) is 32.7 Å². The number of Topliss-reactive ketones (excluding diaryl/α,β-unsaturated/α-hetero) is 1. The first kappa shape index (κ1) is 28.2. The first-order valence-corrected chi connectivity index (χ1v) is 12.5. The van der Waals surface area contributed by atoms with Crippen molar-refractivity contribution in [1.82, 2.24) is 4.90 Å². The molecule has 0 spiro atoms. The number of anilines is 1. The molecule has 0 saturated heterocycles. The zero-order valence-corrected chi connectivity index (χ0v) is 23.0. The van der Waals surface area contributed by atoms with Gasteiger partial charge in [0.05, 0.1) is 45.2 Å². The number of halogens is 1. The van der Waals surface area contributed by atoms with Crippen molar-refractivity contribution in [1.29, 1.82) is 5.41 Å². The van der Waals surface area contributed by atoms with Crippen LogP contribution in [0.3, 0.4) is 0 Å². The Bertz CT molecular complexity index is 1320. The second-order valence-corrected chi connectivity index (χ2v) is 10.7. The Labute approximate surface area is 226 Å². The number of nitrogens with zero attached hydrogens (tertiary/aromatic N) is 2. The maximum Gasteiger partial charge on any atom is 0.329 e. The standard InChI is InChI=1S/C28H34FN3O7/c1-28(2,3)18-7-15(8-19-25(18)39-17(11-31(19)4)13-38-14-22(34)35)20(33)12-32-10-16-9-21(36-5)26(37-6)24(29)23(16)27(32)30/h7-9,17,30H,10-14H2,1-6H3,(H,34,35). The van der Waals surface area contributed by atoms with Crippen LogP contribution < -0.4 is 19.1 Å². The Morgan fingerprint density at radius 1 is 1.21 bits per heavy atom. The molecule has 1 unspecified atom stereocenters. The number of fused-ring (bicyclic) bond motifs is 2. The Morgan fingerprint density at radius 2 is 1.92 bits per heavy atom. The number of aliphatic carboxylic acids is 1. The maximum atomic E-state index is 15.2. The lowest BCUT2D eigenvalue weighted by molar-refractivity contribution is -0.143. The number of hydrogen-bond acceptors (Lipinski definition) is 8. The number of carbonyl (C=O) groups excluding carboxylic acids is 1. The normalized spacial score (nSPS) is 16.5. The lowest BCUT2D eigenvalue weighted by atomic mass is 9.84. The fourth-order valence-electron chi connectivity index (χ4n) is 4.93. The van der Waals surface area contributed by atoms with Crippen molar-refractivity contribution in [3.05, 3.63) is 46.3 Å². The Balaban J connectivity index is 1.60. The number of ether oxygens (including phenoxy) is 4. The monoisotopic (exact) mass is 543 g/mol. The van der Waals surface area contributed by atoms with Crippen molar-refractivity contribution >= 4 is 23.3 Å². The SMILES string of the molecule is COc1cc2c(c(F)c1OC)C(=N)N(CC(=O)c1cc3c(c(C(C)(C)C)c1)OC(COCC(=O)O)CN3C)C2. The van der Waals surface area contributed by atoms with Crippen LogP contribution in [-0.2, 0) is 21.5 Å². The Hall–Kier alpha value is -3.86. The third-order valence-corrected chi connectivity index (χ3v) is 6.84. The van der Waals surface area contributed by atoms with Gasteiger partial charge in [-0.05, 0) is 29.2 Å². The smallest absolute Gasteiger partial charge is 0.329 e. The summed E-state index contributed by atoms with van der Waals surface area (Å²) in [5.74, 6) is -1.26. The van der Waals surface area contributed by atoms with Gasteiger partial charge in [-0.1, -0.05) is 20.8 Å². The van der Waals surface area contributed by atoms with E-state index in [2.05, 4.69) is 0 Å². The Morgan fingerprint density at radius 3 is 2.54 bits per heavy atom. The highest BCUT2D eigenvalue weighted by molar-refractivity contribution is 6.06. The number of amidine groups is 1. The third kappa shape index (κ3) is 5.49. The van der Waals surface area contributed by atoms with E-state index in [0.29, 0.717) is 23.4 Å². The van der Waals surface area contributed by atoms with Gasteiger partial charge in [-0.25, -0.2) is 9.18 Å². The zero-order chi connectivity index (χ0) is 28.6. The molecule has 0 radical (unpaired) electrons. The van der Waals surface area contributed by atoms with Crippen molar-refractivity contribution in [3.63, 3.8) is 0 Å². The van der Waals surface area contributed by atoms with E-state index in [1.165, 1.54) is 19.1 Å². The summed E-state index contributed by atoms with van der Waals surface area (Å²) in [6.07, 6.45) is -0.378. The molecule has 0 amide bonds. The molecule has 0 bridgehead atoms. The topological polar surface area (TPSA) is 122 Å². The molecule has 2 heterocycles. The molecule has 2 aliphatic heterocycles. The van der Waals surface area contributed by atoms with E-state index in [0.717, 1.165) is 11.3 Å². The van der Waals surface area contributed by atoms with E-state index >= 15 is 4.39 Å². The van der Waals surface area contributed by atoms with Gasteiger partial charge in [0.2, 0.25) is 0 Å². The van der Waals surface area contributed by atoms with Gasteiger partial charge in [0.15, 0.2) is 23.1 Å². The molecular formula is C28H34FN3O7. The summed E-state index contributed by atoms with van der Waals surface area (Å²) in [4.78, 5) is 27.9. The molecule has 2 aliphatic rings. The van der Waals surface area contributed by atoms with Crippen LogP contribution in [0.15, 0.2) is 18.2 Å². The van der Waals surface area contributed by atoms with Crippen LogP contribution in [0.4, 0.5) is 10.1 Å². The summed E-state index contributed by atoms with van der Waals surface area (Å²) < 4.78 is 37.0. The minimum absolute atomic E-state index is 0.0756. The van der Waals surface area contributed by atoms with Gasteiger partial charge >= 0.3 is 5.97 Å². The summed E-state index contributed by atoms with van der Waals surface area (Å²) in [7, 11) is 4.63. The maximum absolute atomic E-state index is 15.2. The van der Waals surface area contributed by atoms with E-state index in [9.17, 15) is 9.59 Å². The molecule has 1 atom stereocenters. The molecule has 2 N–H and O–H groups in total. The number of rotatable bonds is 9. The van der Waals surface area contributed by atoms with Crippen LogP contribution in [-0.4, -0.2) is 81.3 Å². The van der Waals surface area contributed by atoms with Crippen molar-refractivity contribution in [2.45, 2.75) is 38.8 Å². The number of nitrogens with one attached hydrogen (secondary N) is 1. The molecule has 10 nitrogen and oxygen atoms in total. The van der Waals surface area contributed by atoms with E-state index in [4.69, 9.17) is 29.5 Å². The molecule has 210 valence electrons. The highest BCUT2D eigenvalue weighted by Gasteiger charge is 2.35. The number of carboxylic acid groups (broad SMARTS) is 1. The van der Waals surface area contributed by atoms with Crippen LogP contribution in [0.1, 0.15) is 47.8 Å². The van der Waals surface area contributed by atoms with Gasteiger partial charge < -0.3 is 33.9 Å². The fourth-order valence-corrected chi connectivity index (χ4v) is 4.93. The molecule has 0 aromatic heterocycles. The molecule has 4 rings (SSSR count). The molecule has 2 aromatic carbocycles. The van der Waals surface area contributed by atoms with Crippen LogP contribution in [0.2, 0.25) is 0 Å². The average molecular weight is 544 g/mol. The summed E-state index contributed by atoms with van der Waals surface area (Å²) in [6, 6.07) is 5.20. The van der Waals surface area contributed by atoms with Gasteiger partial charge in [0.25, 0.3) is 0 Å². The molecule has 0 saturated carbocycles. The first-order chi connectivity index (χ1) is 18.3. The van der Waals surface area contributed by atoms with E-state index in [1.54, 1.807) is 18.2 Å². The van der Waals surface area contributed by atoms with Crippen LogP contribution in [0.5, 0.6) is 17.2 Å². The van der Waals surface area contributed by atoms with Crippen molar-refractivity contribution in [2.24, 2.45) is 0 Å². The zero-order valence-electron chi connectivity index (χ0n) is 23.0. The van der Waals surface area contributed by atoms with Gasteiger partial charge in [0, 0.05) is 24.7 Å². The molecule has 39 heavy (non-hydrogen) atoms. The fraction of sp³-hybridized carbons (Fsp3) is 0.464. The first-order valence-electron chi connectivity index (χ1n) is 12.5. The van der Waals surface area contributed by atoms with Gasteiger partial charge in [0.1, 0.15) is 24.3 Å². The molecule has 0 fully saturated rings. The minimum atomic E-state index is -1.05. The number of benzene rings is 2. The van der Waals surface area contributed by atoms with Gasteiger partial charge in [-0.15, -0.1) is 0 Å². The number of carboxylic acids is 1. The highest BCUT2D eigenvalue weighted by atomic mass is 19.1. The molecule has 2 aromatic rings. The molecule has 0 aliphatic carbocycles. The lowest BCUT2D eigenvalue weighted by Gasteiger charge is -2.37. The number of likely N-dealkylation sites (N-methyl/N-ethyl adjacent to an activating group) is 1. The van der Waals surface area contributed by atoms with Crippen LogP contribution in [0.25, 0.3) is 0 Å². The summed E-state index contributed by atoms with van der Waals surface area (Å²) in [5.41, 5.74) is 2.28. The molecular weight excluding hydrogens is 509 g/mol. The van der Waals surface area contributed by atoms with Crippen molar-refractivity contribution in [3.8, 4) is 17.2 Å². The summed E-state index contributed by atoms with van der Waals surface area (Å²) in [5, 5.41) is 17.4. The quantitative estimate of drug-likeness (QED) is 0.458. The highest BCUT2D eigenvalue weighted by Crippen LogP contribution is 2.43. The number of hydrogen-bond donors (Lipinski definition) is 2. The third-order valence-electron chi connectivity index (χ3n) is 6.84. The van der Waals surface area contributed by atoms with Crippen LogP contribution in [0, 0.1) is 11.2 Å². The minimum Gasteiger partial charge on any atom is -0.493 e. The second kappa shape index (κ2) is 10.7. The van der Waals surface area contributed by atoms with Crippen LogP contribution >= 0.6 is 0 Å². The molecule has 11 heteroatoms. The Kier molecular flexibility index (Phi) is 7.74. The largest absolute Gasteiger partial charge is 0.493 e.